The van der Waals surface area contributed by atoms with E-state index in [-0.39, 0.29) is 11.9 Å². The number of thioether (sulfide) groups is 1. The van der Waals surface area contributed by atoms with E-state index in [0.717, 1.165) is 60.6 Å². The van der Waals surface area contributed by atoms with Crippen LogP contribution in [0.25, 0.3) is 0 Å². The topological polar surface area (TPSA) is 76.4 Å². The molecule has 1 aliphatic rings. The first kappa shape index (κ1) is 20.6. The monoisotopic (exact) mass is 406 g/mol. The fourth-order valence-corrected chi connectivity index (χ4v) is 3.91. The van der Waals surface area contributed by atoms with Gasteiger partial charge in [-0.05, 0) is 42.9 Å². The van der Waals surface area contributed by atoms with Gasteiger partial charge in [-0.25, -0.2) is 14.1 Å². The van der Waals surface area contributed by atoms with Gasteiger partial charge in [0.25, 0.3) is 0 Å². The highest BCUT2D eigenvalue weighted by atomic mass is 32.2. The first-order chi connectivity index (χ1) is 13.7. The summed E-state index contributed by atoms with van der Waals surface area (Å²) in [5.74, 6) is 3.32. The zero-order chi connectivity index (χ0) is 19.8. The molecular formula is C19H27FN6OS. The maximum absolute atomic E-state index is 12.9. The van der Waals surface area contributed by atoms with Gasteiger partial charge < -0.3 is 15.4 Å². The number of benzene rings is 1. The van der Waals surface area contributed by atoms with Crippen LogP contribution in [-0.2, 0) is 24.3 Å². The number of aryl methyl sites for hydroxylation is 1. The third-order valence-corrected chi connectivity index (χ3v) is 5.53. The summed E-state index contributed by atoms with van der Waals surface area (Å²) in [5.41, 5.74) is 0. The lowest BCUT2D eigenvalue weighted by atomic mass is 10.1. The van der Waals surface area contributed by atoms with Crippen molar-refractivity contribution in [2.24, 2.45) is 4.99 Å². The SMILES string of the molecule is CN=C(NCCCSc1ccc(F)cc1)NC1CCc2nc(COC)nn2C1. The minimum Gasteiger partial charge on any atom is -0.377 e. The van der Waals surface area contributed by atoms with E-state index in [0.29, 0.717) is 6.61 Å². The van der Waals surface area contributed by atoms with E-state index in [2.05, 4.69) is 25.7 Å². The molecule has 1 aromatic carbocycles. The Morgan fingerprint density at radius 2 is 2.21 bits per heavy atom. The van der Waals surface area contributed by atoms with Crippen LogP contribution in [0.15, 0.2) is 34.2 Å². The molecule has 0 aliphatic carbocycles. The molecule has 0 fully saturated rings. The number of halogens is 1. The fourth-order valence-electron chi connectivity index (χ4n) is 3.06. The van der Waals surface area contributed by atoms with Crippen molar-refractivity contribution in [2.75, 3.05) is 26.5 Å². The number of aromatic nitrogens is 3. The van der Waals surface area contributed by atoms with E-state index in [4.69, 9.17) is 4.74 Å². The van der Waals surface area contributed by atoms with Crippen LogP contribution >= 0.6 is 11.8 Å². The van der Waals surface area contributed by atoms with Gasteiger partial charge >= 0.3 is 0 Å². The number of ether oxygens (including phenoxy) is 1. The molecular weight excluding hydrogens is 379 g/mol. The highest BCUT2D eigenvalue weighted by Gasteiger charge is 2.22. The second-order valence-electron chi connectivity index (χ2n) is 6.59. The lowest BCUT2D eigenvalue weighted by molar-refractivity contribution is 0.177. The van der Waals surface area contributed by atoms with Gasteiger partial charge in [0.2, 0.25) is 0 Å². The first-order valence-electron chi connectivity index (χ1n) is 9.45. The molecule has 0 saturated heterocycles. The second kappa shape index (κ2) is 10.4. The average Bonchev–Trinajstić information content (AvgIpc) is 3.10. The normalized spacial score (nSPS) is 16.7. The Labute approximate surface area is 169 Å². The second-order valence-corrected chi connectivity index (χ2v) is 7.76. The van der Waals surface area contributed by atoms with Crippen molar-refractivity contribution >= 4 is 17.7 Å². The summed E-state index contributed by atoms with van der Waals surface area (Å²) < 4.78 is 20.0. The predicted molar refractivity (Wildman–Crippen MR) is 109 cm³/mol. The quantitative estimate of drug-likeness (QED) is 0.303. The van der Waals surface area contributed by atoms with Gasteiger partial charge in [-0.1, -0.05) is 0 Å². The third kappa shape index (κ3) is 5.93. The van der Waals surface area contributed by atoms with Crippen LogP contribution in [0.2, 0.25) is 0 Å². The van der Waals surface area contributed by atoms with E-state index in [1.165, 1.54) is 12.1 Å². The first-order valence-corrected chi connectivity index (χ1v) is 10.4. The van der Waals surface area contributed by atoms with Crippen LogP contribution in [0.4, 0.5) is 4.39 Å². The van der Waals surface area contributed by atoms with Gasteiger partial charge in [0.1, 0.15) is 18.2 Å². The van der Waals surface area contributed by atoms with Crippen LogP contribution in [0.5, 0.6) is 0 Å². The summed E-state index contributed by atoms with van der Waals surface area (Å²) in [6.45, 7) is 2.04. The molecule has 9 heteroatoms. The Hall–Kier alpha value is -2.13. The summed E-state index contributed by atoms with van der Waals surface area (Å²) in [6, 6.07) is 6.88. The summed E-state index contributed by atoms with van der Waals surface area (Å²) in [7, 11) is 3.43. The molecule has 1 aromatic heterocycles. The van der Waals surface area contributed by atoms with E-state index in [1.807, 2.05) is 16.8 Å². The highest BCUT2D eigenvalue weighted by Crippen LogP contribution is 2.18. The van der Waals surface area contributed by atoms with Crippen LogP contribution in [-0.4, -0.2) is 53.2 Å². The summed E-state index contributed by atoms with van der Waals surface area (Å²) in [6.07, 6.45) is 2.87. The molecule has 28 heavy (non-hydrogen) atoms. The Kier molecular flexibility index (Phi) is 7.67. The van der Waals surface area contributed by atoms with E-state index >= 15 is 0 Å². The number of hydrogen-bond donors (Lipinski definition) is 2. The molecule has 7 nitrogen and oxygen atoms in total. The van der Waals surface area contributed by atoms with E-state index in [9.17, 15) is 4.39 Å². The molecule has 0 spiro atoms. The van der Waals surface area contributed by atoms with Crippen molar-refractivity contribution in [1.82, 2.24) is 25.4 Å². The molecule has 0 bridgehead atoms. The Morgan fingerprint density at radius 3 is 2.96 bits per heavy atom. The van der Waals surface area contributed by atoms with Crippen molar-refractivity contribution in [3.8, 4) is 0 Å². The highest BCUT2D eigenvalue weighted by molar-refractivity contribution is 7.99. The van der Waals surface area contributed by atoms with Crippen LogP contribution < -0.4 is 10.6 Å². The van der Waals surface area contributed by atoms with Gasteiger partial charge in [-0.15, -0.1) is 11.8 Å². The van der Waals surface area contributed by atoms with Gasteiger partial charge in [-0.2, -0.15) is 5.10 Å². The molecule has 2 aromatic rings. The lowest BCUT2D eigenvalue weighted by Crippen LogP contribution is -2.47. The number of methoxy groups -OCH3 is 1. The third-order valence-electron chi connectivity index (χ3n) is 4.44. The smallest absolute Gasteiger partial charge is 0.191 e. The molecule has 0 amide bonds. The van der Waals surface area contributed by atoms with Crippen LogP contribution in [0.1, 0.15) is 24.5 Å². The molecule has 152 valence electrons. The standard InChI is InChI=1S/C19H27FN6OS/c1-21-19(22-10-3-11-28-16-7-4-14(20)5-8-16)23-15-6-9-18-24-17(13-27-2)25-26(18)12-15/h4-5,7-8,15H,3,6,9-13H2,1-2H3,(H2,21,22,23). The Morgan fingerprint density at radius 1 is 1.39 bits per heavy atom. The predicted octanol–water partition coefficient (Wildman–Crippen LogP) is 2.23. The summed E-state index contributed by atoms with van der Waals surface area (Å²) in [5, 5.41) is 11.3. The molecule has 3 rings (SSSR count). The molecule has 0 radical (unpaired) electrons. The van der Waals surface area contributed by atoms with E-state index in [1.54, 1.807) is 25.9 Å². The van der Waals surface area contributed by atoms with Gasteiger partial charge in [0.05, 0.1) is 6.54 Å². The van der Waals surface area contributed by atoms with Crippen molar-refractivity contribution in [3.63, 3.8) is 0 Å². The van der Waals surface area contributed by atoms with Crippen molar-refractivity contribution in [1.29, 1.82) is 0 Å². The van der Waals surface area contributed by atoms with E-state index < -0.39 is 0 Å². The molecule has 2 N–H and O–H groups in total. The maximum Gasteiger partial charge on any atom is 0.191 e. The molecule has 2 heterocycles. The number of fused-ring (bicyclic) bond motifs is 1. The number of guanidine groups is 1. The van der Waals surface area contributed by atoms with Gasteiger partial charge in [-0.3, -0.25) is 4.99 Å². The molecule has 1 aliphatic heterocycles. The molecule has 1 unspecified atom stereocenters. The zero-order valence-electron chi connectivity index (χ0n) is 16.3. The number of nitrogens with one attached hydrogen (secondary N) is 2. The number of hydrogen-bond acceptors (Lipinski definition) is 5. The maximum atomic E-state index is 12.9. The largest absolute Gasteiger partial charge is 0.377 e. The molecule has 0 saturated carbocycles. The van der Waals surface area contributed by atoms with Crippen LogP contribution in [0.3, 0.4) is 0 Å². The Balaban J connectivity index is 1.38. The van der Waals surface area contributed by atoms with Crippen molar-refractivity contribution in [2.45, 2.75) is 43.4 Å². The zero-order valence-corrected chi connectivity index (χ0v) is 17.1. The van der Waals surface area contributed by atoms with Crippen molar-refractivity contribution in [3.05, 3.63) is 41.7 Å². The van der Waals surface area contributed by atoms with Gasteiger partial charge in [0, 0.05) is 38.1 Å². The fraction of sp³-hybridized carbons (Fsp3) is 0.526. The Bertz CT molecular complexity index is 779. The van der Waals surface area contributed by atoms with Crippen LogP contribution in [0, 0.1) is 5.82 Å². The number of nitrogens with zero attached hydrogens (tertiary/aromatic N) is 4. The number of rotatable bonds is 8. The number of aliphatic imine (C=N–C) groups is 1. The lowest BCUT2D eigenvalue weighted by Gasteiger charge is -2.25. The summed E-state index contributed by atoms with van der Waals surface area (Å²) in [4.78, 5) is 9.91. The van der Waals surface area contributed by atoms with Crippen molar-refractivity contribution < 1.29 is 9.13 Å². The van der Waals surface area contributed by atoms with Gasteiger partial charge in [0.15, 0.2) is 11.8 Å². The minimum atomic E-state index is -0.198. The minimum absolute atomic E-state index is 0.198. The average molecular weight is 407 g/mol. The summed E-state index contributed by atoms with van der Waals surface area (Å²) >= 11 is 1.73. The molecule has 1 atom stereocenters.